The van der Waals surface area contributed by atoms with Crippen molar-refractivity contribution >= 4 is 0 Å². The summed E-state index contributed by atoms with van der Waals surface area (Å²) in [5.41, 5.74) is 0. The Morgan fingerprint density at radius 1 is 1.45 bits per heavy atom. The van der Waals surface area contributed by atoms with Crippen molar-refractivity contribution in [1.29, 1.82) is 0 Å². The van der Waals surface area contributed by atoms with Gasteiger partial charge in [-0.1, -0.05) is 20.8 Å². The Morgan fingerprint density at radius 3 is 2.27 bits per heavy atom. The van der Waals surface area contributed by atoms with Crippen LogP contribution >= 0.6 is 0 Å². The second kappa shape index (κ2) is 3.57. The molecule has 3 unspecified atom stereocenters. The van der Waals surface area contributed by atoms with Crippen molar-refractivity contribution in [3.8, 4) is 0 Å². The topological polar surface area (TPSA) is 12.0 Å². The summed E-state index contributed by atoms with van der Waals surface area (Å²) in [6.07, 6.45) is 2.78. The van der Waals surface area contributed by atoms with Crippen molar-refractivity contribution in [2.24, 2.45) is 17.8 Å². The molecule has 0 amide bonds. The lowest BCUT2D eigenvalue weighted by molar-refractivity contribution is 0.395. The normalized spacial score (nSPS) is 32.5. The molecule has 1 nitrogen and oxygen atoms in total. The Bertz CT molecular complexity index is 120. The lowest BCUT2D eigenvalue weighted by atomic mass is 9.99. The van der Waals surface area contributed by atoms with Gasteiger partial charge in [0, 0.05) is 6.04 Å². The van der Waals surface area contributed by atoms with Gasteiger partial charge in [0.1, 0.15) is 0 Å². The molecule has 0 aromatic rings. The Kier molecular flexibility index (Phi) is 2.94. The highest BCUT2D eigenvalue weighted by Crippen LogP contribution is 2.42. The molecule has 0 radical (unpaired) electrons. The van der Waals surface area contributed by atoms with E-state index >= 15 is 0 Å². The van der Waals surface area contributed by atoms with Crippen LogP contribution in [0, 0.1) is 17.8 Å². The van der Waals surface area contributed by atoms with E-state index in [1.807, 2.05) is 0 Å². The molecule has 0 bridgehead atoms. The second-order valence-electron chi connectivity index (χ2n) is 4.40. The van der Waals surface area contributed by atoms with Crippen LogP contribution in [0.15, 0.2) is 0 Å². The van der Waals surface area contributed by atoms with Crippen LogP contribution in [0.1, 0.15) is 33.6 Å². The third-order valence-electron chi connectivity index (χ3n) is 2.78. The predicted octanol–water partition coefficient (Wildman–Crippen LogP) is 2.28. The van der Waals surface area contributed by atoms with E-state index in [0.717, 1.165) is 23.8 Å². The maximum absolute atomic E-state index is 3.43. The average molecular weight is 155 g/mol. The smallest absolute Gasteiger partial charge is 0.00974 e. The Morgan fingerprint density at radius 2 is 2.00 bits per heavy atom. The Balaban J connectivity index is 2.26. The van der Waals surface area contributed by atoms with Gasteiger partial charge < -0.3 is 5.32 Å². The molecule has 1 N–H and O–H groups in total. The molecule has 1 rings (SSSR count). The minimum atomic E-state index is 0.782. The first-order chi connectivity index (χ1) is 5.15. The first-order valence-electron chi connectivity index (χ1n) is 4.82. The monoisotopic (exact) mass is 155 g/mol. The molecule has 11 heavy (non-hydrogen) atoms. The van der Waals surface area contributed by atoms with Crippen LogP contribution in [0.2, 0.25) is 0 Å². The Labute approximate surface area is 70.6 Å². The molecule has 0 heterocycles. The summed E-state index contributed by atoms with van der Waals surface area (Å²) in [4.78, 5) is 0. The van der Waals surface area contributed by atoms with Gasteiger partial charge in [-0.05, 0) is 37.6 Å². The molecule has 0 aliphatic heterocycles. The van der Waals surface area contributed by atoms with Gasteiger partial charge in [0.25, 0.3) is 0 Å². The first-order valence-corrected chi connectivity index (χ1v) is 4.82. The van der Waals surface area contributed by atoms with Gasteiger partial charge in [-0.15, -0.1) is 0 Å². The van der Waals surface area contributed by atoms with Crippen LogP contribution in [0.3, 0.4) is 0 Å². The molecule has 1 heteroatoms. The zero-order chi connectivity index (χ0) is 8.43. The summed E-state index contributed by atoms with van der Waals surface area (Å²) < 4.78 is 0. The average Bonchev–Trinajstić information content (AvgIpc) is 2.61. The number of rotatable bonds is 4. The minimum absolute atomic E-state index is 0.782. The fraction of sp³-hybridized carbons (Fsp3) is 1.00. The van der Waals surface area contributed by atoms with Crippen molar-refractivity contribution in [3.63, 3.8) is 0 Å². The zero-order valence-corrected chi connectivity index (χ0v) is 8.22. The van der Waals surface area contributed by atoms with Crippen molar-refractivity contribution in [2.45, 2.75) is 39.7 Å². The van der Waals surface area contributed by atoms with Crippen molar-refractivity contribution in [1.82, 2.24) is 5.32 Å². The predicted molar refractivity (Wildman–Crippen MR) is 49.6 cm³/mol. The first kappa shape index (κ1) is 9.05. The maximum Gasteiger partial charge on any atom is 0.00974 e. The summed E-state index contributed by atoms with van der Waals surface area (Å²) in [5, 5.41) is 3.43. The van der Waals surface area contributed by atoms with Gasteiger partial charge in [-0.2, -0.15) is 0 Å². The minimum Gasteiger partial charge on any atom is -0.317 e. The van der Waals surface area contributed by atoms with Crippen LogP contribution in [0.25, 0.3) is 0 Å². The van der Waals surface area contributed by atoms with E-state index in [1.165, 1.54) is 12.8 Å². The second-order valence-corrected chi connectivity index (χ2v) is 4.40. The molecule has 66 valence electrons. The zero-order valence-electron chi connectivity index (χ0n) is 8.22. The van der Waals surface area contributed by atoms with Crippen molar-refractivity contribution in [2.75, 3.05) is 7.05 Å². The molecular formula is C10H21N. The molecule has 0 spiro atoms. The van der Waals surface area contributed by atoms with Gasteiger partial charge >= 0.3 is 0 Å². The summed E-state index contributed by atoms with van der Waals surface area (Å²) in [7, 11) is 2.10. The van der Waals surface area contributed by atoms with E-state index in [2.05, 4.69) is 33.1 Å². The van der Waals surface area contributed by atoms with Gasteiger partial charge in [0.05, 0.1) is 0 Å². The molecule has 1 fully saturated rings. The highest BCUT2D eigenvalue weighted by atomic mass is 14.9. The molecule has 1 aliphatic rings. The molecular weight excluding hydrogens is 134 g/mol. The SMILES string of the molecule is CNC(CC(C)C)C1CC1C. The van der Waals surface area contributed by atoms with E-state index in [-0.39, 0.29) is 0 Å². The van der Waals surface area contributed by atoms with Crippen LogP contribution in [0.5, 0.6) is 0 Å². The standard InChI is InChI=1S/C10H21N/c1-7(2)5-10(11-4)9-6-8(9)3/h7-11H,5-6H2,1-4H3. The van der Waals surface area contributed by atoms with Crippen LogP contribution in [-0.4, -0.2) is 13.1 Å². The van der Waals surface area contributed by atoms with Crippen LogP contribution in [-0.2, 0) is 0 Å². The van der Waals surface area contributed by atoms with E-state index in [1.54, 1.807) is 0 Å². The fourth-order valence-electron chi connectivity index (χ4n) is 1.93. The molecule has 1 aliphatic carbocycles. The van der Waals surface area contributed by atoms with E-state index in [9.17, 15) is 0 Å². The maximum atomic E-state index is 3.43. The van der Waals surface area contributed by atoms with Crippen molar-refractivity contribution in [3.05, 3.63) is 0 Å². The number of hydrogen-bond donors (Lipinski definition) is 1. The van der Waals surface area contributed by atoms with Gasteiger partial charge in [-0.3, -0.25) is 0 Å². The molecule has 0 aromatic carbocycles. The summed E-state index contributed by atoms with van der Waals surface area (Å²) >= 11 is 0. The van der Waals surface area contributed by atoms with Gasteiger partial charge in [-0.25, -0.2) is 0 Å². The molecule has 0 saturated heterocycles. The van der Waals surface area contributed by atoms with Gasteiger partial charge in [0.15, 0.2) is 0 Å². The highest BCUT2D eigenvalue weighted by Gasteiger charge is 2.38. The van der Waals surface area contributed by atoms with Crippen molar-refractivity contribution < 1.29 is 0 Å². The van der Waals surface area contributed by atoms with E-state index in [4.69, 9.17) is 0 Å². The summed E-state index contributed by atoms with van der Waals surface area (Å²) in [6, 6.07) is 0.782. The molecule has 3 atom stereocenters. The highest BCUT2D eigenvalue weighted by molar-refractivity contribution is 4.91. The quantitative estimate of drug-likeness (QED) is 0.656. The lowest BCUT2D eigenvalue weighted by Gasteiger charge is -2.17. The summed E-state index contributed by atoms with van der Waals surface area (Å²) in [5.74, 6) is 2.79. The largest absolute Gasteiger partial charge is 0.317 e. The number of hydrogen-bond acceptors (Lipinski definition) is 1. The molecule has 0 aromatic heterocycles. The molecule has 1 saturated carbocycles. The van der Waals surface area contributed by atoms with E-state index < -0.39 is 0 Å². The lowest BCUT2D eigenvalue weighted by Crippen LogP contribution is -2.29. The van der Waals surface area contributed by atoms with Crippen LogP contribution in [0.4, 0.5) is 0 Å². The third kappa shape index (κ3) is 2.48. The number of nitrogens with one attached hydrogen (secondary N) is 1. The van der Waals surface area contributed by atoms with Gasteiger partial charge in [0.2, 0.25) is 0 Å². The fourth-order valence-corrected chi connectivity index (χ4v) is 1.93. The van der Waals surface area contributed by atoms with Crippen LogP contribution < -0.4 is 5.32 Å². The Hall–Kier alpha value is -0.0400. The third-order valence-corrected chi connectivity index (χ3v) is 2.78. The summed E-state index contributed by atoms with van der Waals surface area (Å²) in [6.45, 7) is 6.96. The van der Waals surface area contributed by atoms with E-state index in [0.29, 0.717) is 0 Å².